The van der Waals surface area contributed by atoms with Gasteiger partial charge in [-0.3, -0.25) is 4.79 Å². The van der Waals surface area contributed by atoms with E-state index in [2.05, 4.69) is 15.5 Å². The van der Waals surface area contributed by atoms with Gasteiger partial charge in [0.15, 0.2) is 11.5 Å². The van der Waals surface area contributed by atoms with Gasteiger partial charge in [0.2, 0.25) is 24.4 Å². The number of nitrogens with one attached hydrogen (secondary N) is 1. The Morgan fingerprint density at radius 1 is 0.972 bits per heavy atom. The average Bonchev–Trinajstić information content (AvgIpc) is 3.57. The molecule has 9 heteroatoms. The van der Waals surface area contributed by atoms with Gasteiger partial charge in [-0.25, -0.2) is 0 Å². The third kappa shape index (κ3) is 5.75. The molecule has 0 saturated heterocycles. The highest BCUT2D eigenvalue weighted by molar-refractivity contribution is 5.90. The number of aryl methyl sites for hydroxylation is 1. The van der Waals surface area contributed by atoms with Crippen molar-refractivity contribution in [1.29, 1.82) is 0 Å². The minimum absolute atomic E-state index is 0.148. The molecule has 0 radical (unpaired) electrons. The topological polar surface area (TPSA) is 105 Å². The predicted molar refractivity (Wildman–Crippen MR) is 131 cm³/mol. The molecule has 1 N–H and O–H groups in total. The Balaban J connectivity index is 1.11. The number of carbonyl (C=O) groups excluding carboxylic acids is 1. The summed E-state index contributed by atoms with van der Waals surface area (Å²) in [4.78, 5) is 16.9. The number of carbonyl (C=O) groups is 1. The lowest BCUT2D eigenvalue weighted by Crippen LogP contribution is -2.12. The molecule has 0 unspecified atom stereocenters. The van der Waals surface area contributed by atoms with E-state index in [0.29, 0.717) is 54.3 Å². The summed E-state index contributed by atoms with van der Waals surface area (Å²) in [6.07, 6.45) is 0.547. The smallest absolute Gasteiger partial charge is 0.231 e. The fraction of sp³-hybridized carbons (Fsp3) is 0.222. The summed E-state index contributed by atoms with van der Waals surface area (Å²) in [5, 5.41) is 6.92. The molecule has 4 aromatic rings. The zero-order valence-electron chi connectivity index (χ0n) is 19.7. The molecule has 2 heterocycles. The normalized spacial score (nSPS) is 11.8. The van der Waals surface area contributed by atoms with Crippen LogP contribution in [0.1, 0.15) is 24.8 Å². The number of ether oxygens (including phenoxy) is 4. The SMILES string of the molecule is CCOc1ccc(-c2noc(CCC(=O)Nc3cccc(COc4ccc5c(c4)OCO5)c3)n2)cc1. The van der Waals surface area contributed by atoms with Crippen molar-refractivity contribution in [3.63, 3.8) is 0 Å². The highest BCUT2D eigenvalue weighted by Crippen LogP contribution is 2.35. The van der Waals surface area contributed by atoms with Gasteiger partial charge in [-0.1, -0.05) is 17.3 Å². The van der Waals surface area contributed by atoms with Crippen LogP contribution in [0.2, 0.25) is 0 Å². The average molecular weight is 488 g/mol. The molecular formula is C27H25N3O6. The van der Waals surface area contributed by atoms with E-state index in [1.54, 1.807) is 6.07 Å². The molecule has 0 atom stereocenters. The van der Waals surface area contributed by atoms with E-state index in [-0.39, 0.29) is 19.1 Å². The Morgan fingerprint density at radius 2 is 1.81 bits per heavy atom. The van der Waals surface area contributed by atoms with Crippen molar-refractivity contribution in [2.24, 2.45) is 0 Å². The van der Waals surface area contributed by atoms with Crippen LogP contribution in [0.5, 0.6) is 23.0 Å². The van der Waals surface area contributed by atoms with Gasteiger partial charge < -0.3 is 28.8 Å². The second-order valence-corrected chi connectivity index (χ2v) is 8.02. The number of nitrogens with zero attached hydrogens (tertiary/aromatic N) is 2. The molecule has 1 aliphatic rings. The lowest BCUT2D eigenvalue weighted by molar-refractivity contribution is -0.116. The summed E-state index contributed by atoms with van der Waals surface area (Å²) < 4.78 is 27.3. The van der Waals surface area contributed by atoms with Crippen molar-refractivity contribution in [1.82, 2.24) is 10.1 Å². The number of amides is 1. The lowest BCUT2D eigenvalue weighted by atomic mass is 10.2. The molecule has 36 heavy (non-hydrogen) atoms. The maximum atomic E-state index is 12.5. The molecule has 0 fully saturated rings. The number of fused-ring (bicyclic) bond motifs is 1. The largest absolute Gasteiger partial charge is 0.494 e. The van der Waals surface area contributed by atoms with Crippen LogP contribution in [0.15, 0.2) is 71.3 Å². The molecule has 3 aromatic carbocycles. The summed E-state index contributed by atoms with van der Waals surface area (Å²) in [6, 6.07) is 20.4. The number of aromatic nitrogens is 2. The monoisotopic (exact) mass is 487 g/mol. The molecule has 1 amide bonds. The number of benzene rings is 3. The molecule has 9 nitrogen and oxygen atoms in total. The quantitative estimate of drug-likeness (QED) is 0.333. The number of rotatable bonds is 10. The van der Waals surface area contributed by atoms with Crippen molar-refractivity contribution in [3.05, 3.63) is 78.2 Å². The molecule has 0 bridgehead atoms. The van der Waals surface area contributed by atoms with E-state index >= 15 is 0 Å². The summed E-state index contributed by atoms with van der Waals surface area (Å²) in [5.74, 6) is 3.57. The first-order valence-electron chi connectivity index (χ1n) is 11.6. The predicted octanol–water partition coefficient (Wildman–Crippen LogP) is 5.01. The first-order chi connectivity index (χ1) is 17.7. The lowest BCUT2D eigenvalue weighted by Gasteiger charge is -2.09. The highest BCUT2D eigenvalue weighted by Gasteiger charge is 2.14. The summed E-state index contributed by atoms with van der Waals surface area (Å²) >= 11 is 0. The van der Waals surface area contributed by atoms with Crippen molar-refractivity contribution < 1.29 is 28.3 Å². The van der Waals surface area contributed by atoms with Crippen LogP contribution in [-0.2, 0) is 17.8 Å². The van der Waals surface area contributed by atoms with Crippen molar-refractivity contribution in [2.45, 2.75) is 26.4 Å². The van der Waals surface area contributed by atoms with Crippen molar-refractivity contribution in [2.75, 3.05) is 18.7 Å². The Hall–Kier alpha value is -4.53. The molecule has 0 aliphatic carbocycles. The van der Waals surface area contributed by atoms with Crippen LogP contribution < -0.4 is 24.3 Å². The third-order valence-corrected chi connectivity index (χ3v) is 5.42. The Morgan fingerprint density at radius 3 is 2.67 bits per heavy atom. The number of hydrogen-bond donors (Lipinski definition) is 1. The first kappa shape index (κ1) is 23.2. The van der Waals surface area contributed by atoms with E-state index in [4.69, 9.17) is 23.5 Å². The second kappa shape index (κ2) is 10.8. The summed E-state index contributed by atoms with van der Waals surface area (Å²) in [6.45, 7) is 3.10. The summed E-state index contributed by atoms with van der Waals surface area (Å²) in [5.41, 5.74) is 2.42. The maximum Gasteiger partial charge on any atom is 0.231 e. The molecule has 5 rings (SSSR count). The molecule has 1 aliphatic heterocycles. The van der Waals surface area contributed by atoms with E-state index in [0.717, 1.165) is 16.9 Å². The van der Waals surface area contributed by atoms with Crippen LogP contribution in [0.3, 0.4) is 0 Å². The fourth-order valence-electron chi connectivity index (χ4n) is 3.66. The zero-order valence-corrected chi connectivity index (χ0v) is 19.7. The first-order valence-corrected chi connectivity index (χ1v) is 11.6. The van der Waals surface area contributed by atoms with E-state index in [9.17, 15) is 4.79 Å². The van der Waals surface area contributed by atoms with Crippen molar-refractivity contribution >= 4 is 11.6 Å². The Kier molecular flexibility index (Phi) is 6.98. The third-order valence-electron chi connectivity index (χ3n) is 5.42. The molecule has 0 spiro atoms. The van der Waals surface area contributed by atoms with Gasteiger partial charge >= 0.3 is 0 Å². The van der Waals surface area contributed by atoms with Crippen LogP contribution in [0, 0.1) is 0 Å². The van der Waals surface area contributed by atoms with Crippen LogP contribution >= 0.6 is 0 Å². The highest BCUT2D eigenvalue weighted by atomic mass is 16.7. The van der Waals surface area contributed by atoms with Gasteiger partial charge in [-0.2, -0.15) is 4.98 Å². The van der Waals surface area contributed by atoms with E-state index < -0.39 is 0 Å². The van der Waals surface area contributed by atoms with Gasteiger partial charge in [0.25, 0.3) is 0 Å². The van der Waals surface area contributed by atoms with Gasteiger partial charge in [-0.15, -0.1) is 0 Å². The van der Waals surface area contributed by atoms with Crippen LogP contribution in [0.25, 0.3) is 11.4 Å². The number of anilines is 1. The molecule has 1 aromatic heterocycles. The van der Waals surface area contributed by atoms with Gasteiger partial charge in [0.05, 0.1) is 6.61 Å². The van der Waals surface area contributed by atoms with Crippen LogP contribution in [-0.4, -0.2) is 29.4 Å². The minimum atomic E-state index is -0.148. The minimum Gasteiger partial charge on any atom is -0.494 e. The fourth-order valence-corrected chi connectivity index (χ4v) is 3.66. The van der Waals surface area contributed by atoms with E-state index in [1.165, 1.54) is 0 Å². The van der Waals surface area contributed by atoms with Crippen molar-refractivity contribution in [3.8, 4) is 34.4 Å². The van der Waals surface area contributed by atoms with Gasteiger partial charge in [-0.05, 0) is 61.0 Å². The summed E-state index contributed by atoms with van der Waals surface area (Å²) in [7, 11) is 0. The second-order valence-electron chi connectivity index (χ2n) is 8.02. The van der Waals surface area contributed by atoms with Crippen LogP contribution in [0.4, 0.5) is 5.69 Å². The zero-order chi connectivity index (χ0) is 24.7. The molecule has 0 saturated carbocycles. The Labute approximate surface area is 208 Å². The molecular weight excluding hydrogens is 462 g/mol. The standard InChI is InChI=1S/C27H25N3O6/c1-2-32-21-8-6-19(7-9-21)27-29-26(36-30-27)13-12-25(31)28-20-5-3-4-18(14-20)16-33-22-10-11-23-24(15-22)35-17-34-23/h3-11,14-15H,2,12-13,16-17H2,1H3,(H,28,31). The van der Waals surface area contributed by atoms with Gasteiger partial charge in [0.1, 0.15) is 18.1 Å². The van der Waals surface area contributed by atoms with Gasteiger partial charge in [0, 0.05) is 30.2 Å². The maximum absolute atomic E-state index is 12.5. The molecule has 184 valence electrons. The number of hydrogen-bond acceptors (Lipinski definition) is 8. The Bertz CT molecular complexity index is 1340. The van der Waals surface area contributed by atoms with E-state index in [1.807, 2.05) is 67.6 Å².